The number of aliphatic hydroxyl groups excluding tert-OH is 1. The number of carbonyl (C=O) groups excluding carboxylic acids is 1. The second-order valence-corrected chi connectivity index (χ2v) is 3.02. The average molecular weight is 248 g/mol. The van der Waals surface area contributed by atoms with E-state index in [4.69, 9.17) is 5.73 Å². The van der Waals surface area contributed by atoms with Crippen molar-refractivity contribution in [3.8, 4) is 5.75 Å². The zero-order chi connectivity index (χ0) is 11.4. The van der Waals surface area contributed by atoms with E-state index in [1.165, 1.54) is 25.3 Å². The molecule has 1 aromatic carbocycles. The number of hydrogen-bond acceptors (Lipinski definition) is 5. The molecule has 4 N–H and O–H groups in total. The Labute approximate surface area is 99.2 Å². The number of hydrogen-bond donors (Lipinski definition) is 3. The van der Waals surface area contributed by atoms with Crippen molar-refractivity contribution in [2.75, 3.05) is 13.7 Å². The molecule has 0 amide bonds. The highest BCUT2D eigenvalue weighted by molar-refractivity contribution is 5.92. The van der Waals surface area contributed by atoms with Gasteiger partial charge in [0.1, 0.15) is 11.3 Å². The van der Waals surface area contributed by atoms with Crippen LogP contribution in [0.1, 0.15) is 22.0 Å². The third-order valence-electron chi connectivity index (χ3n) is 2.03. The molecule has 1 rings (SSSR count). The first-order valence-corrected chi connectivity index (χ1v) is 4.39. The Hall–Kier alpha value is -1.30. The molecular weight excluding hydrogens is 234 g/mol. The number of benzene rings is 1. The fourth-order valence-electron chi connectivity index (χ4n) is 1.17. The molecular formula is C10H14ClNO4. The third kappa shape index (κ3) is 3.10. The van der Waals surface area contributed by atoms with E-state index in [1.54, 1.807) is 0 Å². The van der Waals surface area contributed by atoms with Crippen molar-refractivity contribution in [3.63, 3.8) is 0 Å². The number of esters is 1. The lowest BCUT2D eigenvalue weighted by Crippen LogP contribution is -2.12. The number of methoxy groups -OCH3 is 1. The number of halogens is 1. The number of aliphatic hydroxyl groups is 1. The molecule has 1 atom stereocenters. The van der Waals surface area contributed by atoms with Gasteiger partial charge in [-0.2, -0.15) is 0 Å². The minimum Gasteiger partial charge on any atom is -0.507 e. The largest absolute Gasteiger partial charge is 0.507 e. The Morgan fingerprint density at radius 2 is 2.19 bits per heavy atom. The van der Waals surface area contributed by atoms with E-state index in [1.807, 2.05) is 0 Å². The lowest BCUT2D eigenvalue weighted by atomic mass is 10.1. The molecule has 90 valence electrons. The predicted molar refractivity (Wildman–Crippen MR) is 60.7 cm³/mol. The van der Waals surface area contributed by atoms with E-state index in [-0.39, 0.29) is 30.3 Å². The fourth-order valence-corrected chi connectivity index (χ4v) is 1.17. The van der Waals surface area contributed by atoms with Crippen LogP contribution < -0.4 is 5.73 Å². The van der Waals surface area contributed by atoms with Crippen LogP contribution in [-0.2, 0) is 4.74 Å². The highest BCUT2D eigenvalue weighted by Gasteiger charge is 2.14. The molecule has 1 aromatic rings. The number of phenols is 1. The van der Waals surface area contributed by atoms with E-state index in [2.05, 4.69) is 4.74 Å². The maximum atomic E-state index is 11.2. The van der Waals surface area contributed by atoms with Gasteiger partial charge in [0.2, 0.25) is 0 Å². The second-order valence-electron chi connectivity index (χ2n) is 3.02. The predicted octanol–water partition coefficient (Wildman–Crippen LogP) is 0.593. The van der Waals surface area contributed by atoms with Gasteiger partial charge in [-0.25, -0.2) is 4.79 Å². The SMILES string of the molecule is COC(=O)c1cc(C(O)CN)ccc1O.Cl. The van der Waals surface area contributed by atoms with Gasteiger partial charge >= 0.3 is 5.97 Å². The van der Waals surface area contributed by atoms with Gasteiger partial charge in [0, 0.05) is 6.54 Å². The number of carbonyl (C=O) groups is 1. The van der Waals surface area contributed by atoms with Gasteiger partial charge in [-0.1, -0.05) is 6.07 Å². The van der Waals surface area contributed by atoms with E-state index < -0.39 is 12.1 Å². The van der Waals surface area contributed by atoms with Crippen LogP contribution in [0.3, 0.4) is 0 Å². The van der Waals surface area contributed by atoms with Crippen molar-refractivity contribution in [1.82, 2.24) is 0 Å². The van der Waals surface area contributed by atoms with Crippen LogP contribution in [0, 0.1) is 0 Å². The van der Waals surface area contributed by atoms with Crippen molar-refractivity contribution in [3.05, 3.63) is 29.3 Å². The molecule has 0 saturated carbocycles. The lowest BCUT2D eigenvalue weighted by Gasteiger charge is -2.10. The van der Waals surface area contributed by atoms with Gasteiger partial charge < -0.3 is 20.7 Å². The highest BCUT2D eigenvalue weighted by atomic mass is 35.5. The molecule has 6 heteroatoms. The summed E-state index contributed by atoms with van der Waals surface area (Å²) >= 11 is 0. The molecule has 0 aliphatic carbocycles. The van der Waals surface area contributed by atoms with Crippen molar-refractivity contribution >= 4 is 18.4 Å². The van der Waals surface area contributed by atoms with Crippen LogP contribution in [0.2, 0.25) is 0 Å². The molecule has 0 radical (unpaired) electrons. The molecule has 1 unspecified atom stereocenters. The number of phenolic OH excluding ortho intramolecular Hbond substituents is 1. The number of aromatic hydroxyl groups is 1. The molecule has 0 bridgehead atoms. The summed E-state index contributed by atoms with van der Waals surface area (Å²) in [7, 11) is 1.22. The zero-order valence-electron chi connectivity index (χ0n) is 8.71. The van der Waals surface area contributed by atoms with Crippen LogP contribution in [0.15, 0.2) is 18.2 Å². The Morgan fingerprint density at radius 3 is 2.69 bits per heavy atom. The van der Waals surface area contributed by atoms with Gasteiger partial charge in [0.25, 0.3) is 0 Å². The smallest absolute Gasteiger partial charge is 0.341 e. The van der Waals surface area contributed by atoms with Gasteiger partial charge in [0.15, 0.2) is 0 Å². The summed E-state index contributed by atoms with van der Waals surface area (Å²) in [5.41, 5.74) is 5.76. The monoisotopic (exact) mass is 247 g/mol. The maximum Gasteiger partial charge on any atom is 0.341 e. The molecule has 0 saturated heterocycles. The molecule has 0 aliphatic rings. The normalized spacial score (nSPS) is 11.4. The number of rotatable bonds is 3. The molecule has 0 fully saturated rings. The standard InChI is InChI=1S/C10H13NO4.ClH/c1-15-10(14)7-4-6(9(13)5-11)2-3-8(7)12;/h2-4,9,12-13H,5,11H2,1H3;1H. The molecule has 0 spiro atoms. The number of ether oxygens (including phenoxy) is 1. The first-order chi connectivity index (χ1) is 7.10. The quantitative estimate of drug-likeness (QED) is 0.680. The second kappa shape index (κ2) is 6.32. The average Bonchev–Trinajstić information content (AvgIpc) is 2.27. The highest BCUT2D eigenvalue weighted by Crippen LogP contribution is 2.22. The molecule has 0 aliphatic heterocycles. The van der Waals surface area contributed by atoms with Gasteiger partial charge in [-0.05, 0) is 17.7 Å². The Bertz CT molecular complexity index is 370. The van der Waals surface area contributed by atoms with Crippen molar-refractivity contribution < 1.29 is 19.7 Å². The summed E-state index contributed by atoms with van der Waals surface area (Å²) in [5, 5.41) is 18.8. The maximum absolute atomic E-state index is 11.2. The van der Waals surface area contributed by atoms with Crippen LogP contribution in [-0.4, -0.2) is 29.8 Å². The summed E-state index contributed by atoms with van der Waals surface area (Å²) in [6, 6.07) is 4.18. The van der Waals surface area contributed by atoms with Crippen molar-refractivity contribution in [2.24, 2.45) is 5.73 Å². The summed E-state index contributed by atoms with van der Waals surface area (Å²) in [5.74, 6) is -0.839. The van der Waals surface area contributed by atoms with Crippen LogP contribution >= 0.6 is 12.4 Å². The van der Waals surface area contributed by atoms with Crippen LogP contribution in [0.4, 0.5) is 0 Å². The molecule has 0 aromatic heterocycles. The van der Waals surface area contributed by atoms with Crippen LogP contribution in [0.25, 0.3) is 0 Å². The van der Waals surface area contributed by atoms with Crippen LogP contribution in [0.5, 0.6) is 5.75 Å². The van der Waals surface area contributed by atoms with Gasteiger partial charge in [-0.15, -0.1) is 12.4 Å². The first-order valence-electron chi connectivity index (χ1n) is 4.39. The fraction of sp³-hybridized carbons (Fsp3) is 0.300. The molecule has 5 nitrogen and oxygen atoms in total. The van der Waals surface area contributed by atoms with Crippen molar-refractivity contribution in [1.29, 1.82) is 0 Å². The van der Waals surface area contributed by atoms with E-state index in [9.17, 15) is 15.0 Å². The summed E-state index contributed by atoms with van der Waals surface area (Å²) in [6.07, 6.45) is -0.853. The molecule has 16 heavy (non-hydrogen) atoms. The topological polar surface area (TPSA) is 92.8 Å². The van der Waals surface area contributed by atoms with E-state index >= 15 is 0 Å². The lowest BCUT2D eigenvalue weighted by molar-refractivity contribution is 0.0597. The Morgan fingerprint density at radius 1 is 1.56 bits per heavy atom. The van der Waals surface area contributed by atoms with Gasteiger partial charge in [-0.3, -0.25) is 0 Å². The summed E-state index contributed by atoms with van der Waals surface area (Å²) in [6.45, 7) is 0.0470. The minimum atomic E-state index is -0.853. The third-order valence-corrected chi connectivity index (χ3v) is 2.03. The Kier molecular flexibility index (Phi) is 5.81. The first kappa shape index (κ1) is 14.7. The zero-order valence-corrected chi connectivity index (χ0v) is 9.53. The molecule has 0 heterocycles. The van der Waals surface area contributed by atoms with E-state index in [0.29, 0.717) is 5.56 Å². The van der Waals surface area contributed by atoms with Gasteiger partial charge in [0.05, 0.1) is 13.2 Å². The van der Waals surface area contributed by atoms with E-state index in [0.717, 1.165) is 0 Å². The minimum absolute atomic E-state index is 0. The Balaban J connectivity index is 0.00000225. The summed E-state index contributed by atoms with van der Waals surface area (Å²) < 4.78 is 4.47. The number of nitrogens with two attached hydrogens (primary N) is 1. The van der Waals surface area contributed by atoms with Crippen molar-refractivity contribution in [2.45, 2.75) is 6.10 Å². The summed E-state index contributed by atoms with van der Waals surface area (Å²) in [4.78, 5) is 11.2.